The smallest absolute Gasteiger partial charge is 0.870 e. The summed E-state index contributed by atoms with van der Waals surface area (Å²) in [5, 5.41) is 0. The van der Waals surface area contributed by atoms with E-state index in [0.29, 0.717) is 0 Å². The maximum absolute atomic E-state index is 8.52. The van der Waals surface area contributed by atoms with Crippen LogP contribution in [0.5, 0.6) is 0 Å². The SMILES string of the molecule is O=S(=O)([O-])[O-].[OH-].[Sb+3]. The summed E-state index contributed by atoms with van der Waals surface area (Å²) >= 11 is 0. The van der Waals surface area contributed by atoms with Crippen molar-refractivity contribution >= 4 is 34.8 Å². The Balaban J connectivity index is -0.0000000800. The van der Waals surface area contributed by atoms with Crippen molar-refractivity contribution in [1.29, 1.82) is 0 Å². The van der Waals surface area contributed by atoms with Crippen molar-refractivity contribution in [2.24, 2.45) is 0 Å². The van der Waals surface area contributed by atoms with Crippen LogP contribution in [0, 0.1) is 0 Å². The van der Waals surface area contributed by atoms with Crippen molar-refractivity contribution in [2.75, 3.05) is 0 Å². The van der Waals surface area contributed by atoms with E-state index < -0.39 is 10.4 Å². The molecule has 0 spiro atoms. The standard InChI is InChI=1S/H2O4S.H2O.Sb/c1-5(2,3)4;;/h(H2,1,2,3,4);1H2;/q;;+3/p-3. The van der Waals surface area contributed by atoms with Gasteiger partial charge < -0.3 is 14.6 Å². The Labute approximate surface area is 58.1 Å². The first kappa shape index (κ1) is 15.6. The van der Waals surface area contributed by atoms with Gasteiger partial charge in [-0.2, -0.15) is 0 Å². The first-order valence-corrected chi connectivity index (χ1v) is 2.00. The van der Waals surface area contributed by atoms with E-state index in [0.717, 1.165) is 0 Å². The van der Waals surface area contributed by atoms with Crippen molar-refractivity contribution in [3.63, 3.8) is 0 Å². The second kappa shape index (κ2) is 4.80. The summed E-state index contributed by atoms with van der Waals surface area (Å²) in [7, 11) is -5.17. The van der Waals surface area contributed by atoms with Gasteiger partial charge in [0.1, 0.15) is 0 Å². The number of rotatable bonds is 0. The second-order valence-corrected chi connectivity index (χ2v) is 1.22. The summed E-state index contributed by atoms with van der Waals surface area (Å²) in [5.41, 5.74) is 0. The third kappa shape index (κ3) is 342. The first-order chi connectivity index (χ1) is 2.00. The minimum absolute atomic E-state index is 0. The predicted molar refractivity (Wildman–Crippen MR) is 18.2 cm³/mol. The van der Waals surface area contributed by atoms with Crippen LogP contribution in [0.4, 0.5) is 0 Å². The van der Waals surface area contributed by atoms with Crippen LogP contribution in [0.25, 0.3) is 0 Å². The van der Waals surface area contributed by atoms with Gasteiger partial charge >= 0.3 is 24.4 Å². The van der Waals surface area contributed by atoms with Crippen molar-refractivity contribution in [2.45, 2.75) is 0 Å². The van der Waals surface area contributed by atoms with Crippen LogP contribution in [0.2, 0.25) is 0 Å². The van der Waals surface area contributed by atoms with E-state index in [9.17, 15) is 0 Å². The quantitative estimate of drug-likeness (QED) is 0.276. The molecule has 0 aliphatic heterocycles. The molecule has 2 radical (unpaired) electrons. The van der Waals surface area contributed by atoms with Crippen molar-refractivity contribution in [3.8, 4) is 0 Å². The van der Waals surface area contributed by atoms with Crippen molar-refractivity contribution < 1.29 is 23.0 Å². The van der Waals surface area contributed by atoms with Gasteiger partial charge in [0.05, 0.1) is 0 Å². The molecule has 0 aliphatic rings. The summed E-state index contributed by atoms with van der Waals surface area (Å²) in [5.74, 6) is 0. The Hall–Kier alpha value is 0.648. The first-order valence-electron chi connectivity index (χ1n) is 0.667. The zero-order chi connectivity index (χ0) is 4.50. The molecule has 1 N–H and O–H groups in total. The van der Waals surface area contributed by atoms with Crippen LogP contribution in [0.1, 0.15) is 0 Å². The predicted octanol–water partition coefficient (Wildman–Crippen LogP) is -1.90. The van der Waals surface area contributed by atoms with Crippen molar-refractivity contribution in [1.82, 2.24) is 0 Å². The zero-order valence-corrected chi connectivity index (χ0v) is 6.30. The Morgan fingerprint density at radius 2 is 1.14 bits per heavy atom. The molecule has 0 aliphatic carbocycles. The molecule has 0 atom stereocenters. The average molecular weight is 235 g/mol. The Bertz CT molecular complexity index is 91.2. The summed E-state index contributed by atoms with van der Waals surface area (Å²) in [6.45, 7) is 0. The van der Waals surface area contributed by atoms with Gasteiger partial charge in [-0.05, 0) is 0 Å². The van der Waals surface area contributed by atoms with E-state index in [1.165, 1.54) is 0 Å². The Morgan fingerprint density at radius 1 is 1.14 bits per heavy atom. The van der Waals surface area contributed by atoms with Crippen LogP contribution < -0.4 is 0 Å². The molecular formula is HO5SSb. The molecule has 0 fully saturated rings. The largest absolute Gasteiger partial charge is 3.00 e. The topological polar surface area (TPSA) is 110 Å². The van der Waals surface area contributed by atoms with E-state index in [2.05, 4.69) is 0 Å². The molecule has 42 valence electrons. The normalized spacial score (nSPS) is 8.29. The summed E-state index contributed by atoms with van der Waals surface area (Å²) in [4.78, 5) is 0. The fourth-order valence-electron chi connectivity index (χ4n) is 0. The molecule has 0 amide bonds. The molecule has 0 bridgehead atoms. The molecule has 0 aromatic heterocycles. The molecule has 0 aromatic carbocycles. The van der Waals surface area contributed by atoms with Gasteiger partial charge in [0, 0.05) is 10.4 Å². The number of hydrogen-bond donors (Lipinski definition) is 0. The number of hydrogen-bond acceptors (Lipinski definition) is 5. The van der Waals surface area contributed by atoms with Gasteiger partial charge in [-0.1, -0.05) is 0 Å². The summed E-state index contributed by atoms with van der Waals surface area (Å²) < 4.78 is 34.1. The molecule has 0 aromatic rings. The Kier molecular flexibility index (Phi) is 10.7. The van der Waals surface area contributed by atoms with Gasteiger partial charge in [0.15, 0.2) is 0 Å². The summed E-state index contributed by atoms with van der Waals surface area (Å²) in [6.07, 6.45) is 0. The van der Waals surface area contributed by atoms with Crippen LogP contribution in [0.15, 0.2) is 0 Å². The maximum Gasteiger partial charge on any atom is 3.00 e. The van der Waals surface area contributed by atoms with Gasteiger partial charge in [-0.15, -0.1) is 0 Å². The van der Waals surface area contributed by atoms with E-state index in [1.807, 2.05) is 0 Å². The fourth-order valence-corrected chi connectivity index (χ4v) is 0. The van der Waals surface area contributed by atoms with Crippen LogP contribution in [-0.2, 0) is 10.4 Å². The molecule has 0 rings (SSSR count). The molecule has 7 heavy (non-hydrogen) atoms. The van der Waals surface area contributed by atoms with Crippen LogP contribution in [-0.4, -0.2) is 47.4 Å². The van der Waals surface area contributed by atoms with Crippen molar-refractivity contribution in [3.05, 3.63) is 0 Å². The molecule has 7 heteroatoms. The molecule has 5 nitrogen and oxygen atoms in total. The minimum Gasteiger partial charge on any atom is -0.870 e. The fraction of sp³-hybridized carbons (Fsp3) is 0. The summed E-state index contributed by atoms with van der Waals surface area (Å²) in [6, 6.07) is 0. The van der Waals surface area contributed by atoms with Gasteiger partial charge in [0.25, 0.3) is 0 Å². The van der Waals surface area contributed by atoms with Crippen LogP contribution in [0.3, 0.4) is 0 Å². The molecular weight excluding hydrogens is 234 g/mol. The maximum atomic E-state index is 8.52. The molecule has 0 unspecified atom stereocenters. The molecule has 0 saturated carbocycles. The second-order valence-electron chi connectivity index (χ2n) is 0.408. The van der Waals surface area contributed by atoms with E-state index in [4.69, 9.17) is 17.5 Å². The zero-order valence-electron chi connectivity index (χ0n) is 2.94. The average Bonchev–Trinajstić information content (AvgIpc) is 0.722. The minimum atomic E-state index is -5.17. The van der Waals surface area contributed by atoms with E-state index in [-0.39, 0.29) is 29.9 Å². The Morgan fingerprint density at radius 3 is 1.14 bits per heavy atom. The van der Waals surface area contributed by atoms with Gasteiger partial charge in [-0.3, -0.25) is 8.42 Å². The van der Waals surface area contributed by atoms with Gasteiger partial charge in [-0.25, -0.2) is 0 Å². The van der Waals surface area contributed by atoms with Gasteiger partial charge in [0.2, 0.25) is 0 Å². The monoisotopic (exact) mass is 234 g/mol. The van der Waals surface area contributed by atoms with Crippen LogP contribution >= 0.6 is 0 Å². The van der Waals surface area contributed by atoms with E-state index in [1.54, 1.807) is 0 Å². The molecule has 0 heterocycles. The third-order valence-corrected chi connectivity index (χ3v) is 0. The molecule has 0 saturated heterocycles. The third-order valence-electron chi connectivity index (χ3n) is 0. The van der Waals surface area contributed by atoms with E-state index >= 15 is 0 Å².